The molecule has 0 fully saturated rings. The highest BCUT2D eigenvalue weighted by Crippen LogP contribution is 2.17. The van der Waals surface area contributed by atoms with Crippen molar-refractivity contribution in [3.8, 4) is 0 Å². The fourth-order valence-electron chi connectivity index (χ4n) is 2.15. The van der Waals surface area contributed by atoms with Gasteiger partial charge in [-0.25, -0.2) is 8.42 Å². The largest absolute Gasteiger partial charge is 0.326 e. The standard InChI is InChI=1S/C14H20N2O2S/c1-12-5-7-16(8-6-12)19(17,18)11-14-4-2-3-13(9-14)10-15/h2-5,9H,6-8,10-11,15H2,1H3. The predicted octanol–water partition coefficient (Wildman–Crippen LogP) is 1.63. The predicted molar refractivity (Wildman–Crippen MR) is 76.9 cm³/mol. The van der Waals surface area contributed by atoms with E-state index in [1.165, 1.54) is 5.57 Å². The second kappa shape index (κ2) is 5.86. The van der Waals surface area contributed by atoms with E-state index in [1.807, 2.05) is 37.3 Å². The van der Waals surface area contributed by atoms with Gasteiger partial charge in [-0.2, -0.15) is 4.31 Å². The highest BCUT2D eigenvalue weighted by atomic mass is 32.2. The lowest BCUT2D eigenvalue weighted by atomic mass is 10.1. The van der Waals surface area contributed by atoms with Crippen LogP contribution in [0.2, 0.25) is 0 Å². The molecule has 0 spiro atoms. The van der Waals surface area contributed by atoms with Crippen LogP contribution in [0.15, 0.2) is 35.9 Å². The van der Waals surface area contributed by atoms with Gasteiger partial charge in [0.15, 0.2) is 0 Å². The second-order valence-corrected chi connectivity index (χ2v) is 6.91. The van der Waals surface area contributed by atoms with Crippen LogP contribution in [-0.4, -0.2) is 25.8 Å². The molecule has 0 atom stereocenters. The maximum absolute atomic E-state index is 12.3. The molecule has 2 N–H and O–H groups in total. The minimum atomic E-state index is -3.24. The quantitative estimate of drug-likeness (QED) is 0.853. The number of nitrogens with two attached hydrogens (primary N) is 1. The van der Waals surface area contributed by atoms with E-state index in [4.69, 9.17) is 5.73 Å². The highest BCUT2D eigenvalue weighted by molar-refractivity contribution is 7.88. The molecule has 4 nitrogen and oxygen atoms in total. The van der Waals surface area contributed by atoms with E-state index in [9.17, 15) is 8.42 Å². The van der Waals surface area contributed by atoms with E-state index < -0.39 is 10.0 Å². The molecule has 0 radical (unpaired) electrons. The van der Waals surface area contributed by atoms with E-state index in [0.717, 1.165) is 17.5 Å². The summed E-state index contributed by atoms with van der Waals surface area (Å²) >= 11 is 0. The van der Waals surface area contributed by atoms with E-state index in [2.05, 4.69) is 0 Å². The van der Waals surface area contributed by atoms with Crippen LogP contribution in [0.1, 0.15) is 24.5 Å². The Hall–Kier alpha value is -1.17. The smallest absolute Gasteiger partial charge is 0.218 e. The van der Waals surface area contributed by atoms with Crippen LogP contribution in [0.3, 0.4) is 0 Å². The Morgan fingerprint density at radius 1 is 1.32 bits per heavy atom. The Morgan fingerprint density at radius 2 is 2.05 bits per heavy atom. The van der Waals surface area contributed by atoms with E-state index in [-0.39, 0.29) is 5.75 Å². The first-order chi connectivity index (χ1) is 9.01. The molecule has 0 aliphatic carbocycles. The fraction of sp³-hybridized carbons (Fsp3) is 0.429. The summed E-state index contributed by atoms with van der Waals surface area (Å²) in [7, 11) is -3.24. The Bertz CT molecular complexity index is 579. The van der Waals surface area contributed by atoms with Gasteiger partial charge >= 0.3 is 0 Å². The molecule has 1 aliphatic rings. The van der Waals surface area contributed by atoms with Gasteiger partial charge in [0.2, 0.25) is 10.0 Å². The zero-order valence-electron chi connectivity index (χ0n) is 11.2. The SMILES string of the molecule is CC1=CCN(S(=O)(=O)Cc2cccc(CN)c2)CC1. The molecule has 0 bridgehead atoms. The molecule has 0 unspecified atom stereocenters. The normalized spacial score (nSPS) is 17.3. The van der Waals surface area contributed by atoms with Crippen molar-refractivity contribution in [2.45, 2.75) is 25.6 Å². The second-order valence-electron chi connectivity index (χ2n) is 4.94. The lowest BCUT2D eigenvalue weighted by Gasteiger charge is -2.24. The fourth-order valence-corrected chi connectivity index (χ4v) is 3.61. The molecule has 2 rings (SSSR count). The van der Waals surface area contributed by atoms with Gasteiger partial charge in [-0.3, -0.25) is 0 Å². The Labute approximate surface area is 115 Å². The average molecular weight is 280 g/mol. The van der Waals surface area contributed by atoms with Gasteiger partial charge in [0.25, 0.3) is 0 Å². The van der Waals surface area contributed by atoms with Crippen LogP contribution < -0.4 is 5.73 Å². The summed E-state index contributed by atoms with van der Waals surface area (Å²) < 4.78 is 26.2. The van der Waals surface area contributed by atoms with Crippen LogP contribution in [0.4, 0.5) is 0 Å². The summed E-state index contributed by atoms with van der Waals surface area (Å²) in [4.78, 5) is 0. The van der Waals surface area contributed by atoms with Crippen molar-refractivity contribution in [1.29, 1.82) is 0 Å². The zero-order valence-corrected chi connectivity index (χ0v) is 12.0. The van der Waals surface area contributed by atoms with Crippen LogP contribution in [0.5, 0.6) is 0 Å². The molecule has 1 aromatic carbocycles. The van der Waals surface area contributed by atoms with E-state index in [1.54, 1.807) is 4.31 Å². The number of hydrogen-bond donors (Lipinski definition) is 1. The van der Waals surface area contributed by atoms with Crippen molar-refractivity contribution in [2.75, 3.05) is 13.1 Å². The highest BCUT2D eigenvalue weighted by Gasteiger charge is 2.23. The average Bonchev–Trinajstić information content (AvgIpc) is 2.39. The summed E-state index contributed by atoms with van der Waals surface area (Å²) in [5.41, 5.74) is 8.59. The third kappa shape index (κ3) is 3.65. The number of rotatable bonds is 4. The Morgan fingerprint density at radius 3 is 2.68 bits per heavy atom. The van der Waals surface area contributed by atoms with E-state index >= 15 is 0 Å². The van der Waals surface area contributed by atoms with Gasteiger partial charge in [0, 0.05) is 19.6 Å². The first-order valence-electron chi connectivity index (χ1n) is 6.42. The molecule has 1 heterocycles. The summed E-state index contributed by atoms with van der Waals surface area (Å²) in [6, 6.07) is 7.46. The molecule has 1 aromatic rings. The van der Waals surface area contributed by atoms with Gasteiger partial charge in [-0.05, 0) is 24.5 Å². The molecular weight excluding hydrogens is 260 g/mol. The maximum atomic E-state index is 12.3. The molecule has 1 aliphatic heterocycles. The Kier molecular flexibility index (Phi) is 4.39. The first kappa shape index (κ1) is 14.2. The number of sulfonamides is 1. The third-order valence-corrected chi connectivity index (χ3v) is 5.19. The van der Waals surface area contributed by atoms with E-state index in [0.29, 0.717) is 19.6 Å². The molecule has 0 saturated carbocycles. The first-order valence-corrected chi connectivity index (χ1v) is 8.03. The minimum absolute atomic E-state index is 0.0493. The monoisotopic (exact) mass is 280 g/mol. The van der Waals surface area contributed by atoms with Crippen molar-refractivity contribution in [1.82, 2.24) is 4.31 Å². The molecule has 5 heteroatoms. The van der Waals surface area contributed by atoms with Crippen LogP contribution in [0, 0.1) is 0 Å². The van der Waals surface area contributed by atoms with Crippen LogP contribution >= 0.6 is 0 Å². The van der Waals surface area contributed by atoms with Gasteiger partial charge in [0.1, 0.15) is 0 Å². The maximum Gasteiger partial charge on any atom is 0.218 e. The van der Waals surface area contributed by atoms with Crippen molar-refractivity contribution < 1.29 is 8.42 Å². The van der Waals surface area contributed by atoms with Gasteiger partial charge in [-0.1, -0.05) is 35.9 Å². The van der Waals surface area contributed by atoms with Crippen molar-refractivity contribution in [3.63, 3.8) is 0 Å². The number of nitrogens with zero attached hydrogens (tertiary/aromatic N) is 1. The molecule has 19 heavy (non-hydrogen) atoms. The van der Waals surface area contributed by atoms with Crippen molar-refractivity contribution >= 4 is 10.0 Å². The lowest BCUT2D eigenvalue weighted by Crippen LogP contribution is -2.35. The van der Waals surface area contributed by atoms with Gasteiger partial charge in [0.05, 0.1) is 5.75 Å². The Balaban J connectivity index is 2.12. The summed E-state index contributed by atoms with van der Waals surface area (Å²) in [6.07, 6.45) is 2.80. The van der Waals surface area contributed by atoms with Gasteiger partial charge in [-0.15, -0.1) is 0 Å². The molecule has 0 aromatic heterocycles. The zero-order chi connectivity index (χ0) is 13.9. The van der Waals surface area contributed by atoms with Crippen molar-refractivity contribution in [3.05, 3.63) is 47.0 Å². The molecule has 0 amide bonds. The number of benzene rings is 1. The molecule has 0 saturated heterocycles. The minimum Gasteiger partial charge on any atom is -0.326 e. The number of hydrogen-bond acceptors (Lipinski definition) is 3. The third-order valence-electron chi connectivity index (χ3n) is 3.37. The summed E-state index contributed by atoms with van der Waals surface area (Å²) in [6.45, 7) is 3.54. The van der Waals surface area contributed by atoms with Crippen molar-refractivity contribution in [2.24, 2.45) is 5.73 Å². The summed E-state index contributed by atoms with van der Waals surface area (Å²) in [5, 5.41) is 0. The van der Waals surface area contributed by atoms with Crippen LogP contribution in [0.25, 0.3) is 0 Å². The summed E-state index contributed by atoms with van der Waals surface area (Å²) in [5.74, 6) is 0.0493. The van der Waals surface area contributed by atoms with Gasteiger partial charge < -0.3 is 5.73 Å². The topological polar surface area (TPSA) is 63.4 Å². The lowest BCUT2D eigenvalue weighted by molar-refractivity contribution is 0.430. The van der Waals surface area contributed by atoms with Crippen LogP contribution in [-0.2, 0) is 22.3 Å². The molecule has 104 valence electrons. The molecular formula is C14H20N2O2S.